The smallest absolute Gasteiger partial charge is 0.0860 e. The number of aliphatic hydroxyl groups excluding tert-OH is 1. The van der Waals surface area contributed by atoms with Gasteiger partial charge in [0.2, 0.25) is 0 Å². The zero-order chi connectivity index (χ0) is 12.1. The van der Waals surface area contributed by atoms with Crippen LogP contribution in [0.2, 0.25) is 0 Å². The number of aliphatic hydroxyl groups is 1. The minimum atomic E-state index is -0.362. The van der Waals surface area contributed by atoms with Crippen molar-refractivity contribution in [1.82, 2.24) is 15.1 Å². The summed E-state index contributed by atoms with van der Waals surface area (Å²) < 4.78 is 1.77. The van der Waals surface area contributed by atoms with Crippen LogP contribution in [0, 0.1) is 5.92 Å². The molecule has 1 aromatic heterocycles. The van der Waals surface area contributed by atoms with Gasteiger partial charge < -0.3 is 10.4 Å². The molecule has 0 spiro atoms. The minimum absolute atomic E-state index is 0.362. The first-order valence-electron chi connectivity index (χ1n) is 6.64. The summed E-state index contributed by atoms with van der Waals surface area (Å²) in [5.41, 5.74) is 0. The van der Waals surface area contributed by atoms with Crippen LogP contribution in [-0.2, 0) is 6.54 Å². The molecule has 2 N–H and O–H groups in total. The van der Waals surface area contributed by atoms with Gasteiger partial charge in [-0.25, -0.2) is 0 Å². The van der Waals surface area contributed by atoms with Gasteiger partial charge in [0.1, 0.15) is 0 Å². The molecule has 0 bridgehead atoms. The van der Waals surface area contributed by atoms with Crippen molar-refractivity contribution in [3.05, 3.63) is 18.5 Å². The zero-order valence-electron chi connectivity index (χ0n) is 10.5. The fourth-order valence-electron chi connectivity index (χ4n) is 2.63. The van der Waals surface area contributed by atoms with Crippen molar-refractivity contribution in [1.29, 1.82) is 0 Å². The van der Waals surface area contributed by atoms with E-state index in [2.05, 4.69) is 17.3 Å². The van der Waals surface area contributed by atoms with Crippen molar-refractivity contribution < 1.29 is 5.11 Å². The fraction of sp³-hybridized carbons (Fsp3) is 0.769. The molecule has 96 valence electrons. The monoisotopic (exact) mass is 237 g/mol. The molecule has 2 atom stereocenters. The molecule has 2 rings (SSSR count). The van der Waals surface area contributed by atoms with E-state index in [4.69, 9.17) is 0 Å². The first-order chi connectivity index (χ1) is 8.25. The molecule has 1 aliphatic carbocycles. The third-order valence-electron chi connectivity index (χ3n) is 3.74. The van der Waals surface area contributed by atoms with Gasteiger partial charge in [-0.05, 0) is 31.7 Å². The maximum absolute atomic E-state index is 9.89. The molecule has 0 saturated heterocycles. The molecule has 1 unspecified atom stereocenters. The summed E-state index contributed by atoms with van der Waals surface area (Å²) in [6.45, 7) is 3.45. The number of nitrogens with one attached hydrogen (secondary N) is 1. The van der Waals surface area contributed by atoms with Crippen molar-refractivity contribution in [2.24, 2.45) is 5.92 Å². The fourth-order valence-corrected chi connectivity index (χ4v) is 2.63. The van der Waals surface area contributed by atoms with Gasteiger partial charge in [0, 0.05) is 25.0 Å². The predicted molar refractivity (Wildman–Crippen MR) is 67.7 cm³/mol. The topological polar surface area (TPSA) is 50.1 Å². The molecule has 1 saturated carbocycles. The van der Waals surface area contributed by atoms with Crippen LogP contribution < -0.4 is 5.32 Å². The highest BCUT2D eigenvalue weighted by molar-refractivity contribution is 4.80. The lowest BCUT2D eigenvalue weighted by atomic mass is 10.00. The molecule has 0 radical (unpaired) electrons. The van der Waals surface area contributed by atoms with Crippen LogP contribution in [0.3, 0.4) is 0 Å². The van der Waals surface area contributed by atoms with E-state index >= 15 is 0 Å². The molecule has 1 fully saturated rings. The lowest BCUT2D eigenvalue weighted by molar-refractivity contribution is 0.140. The summed E-state index contributed by atoms with van der Waals surface area (Å²) in [5, 5.41) is 17.4. The number of hydrogen-bond donors (Lipinski definition) is 2. The van der Waals surface area contributed by atoms with E-state index in [-0.39, 0.29) is 6.10 Å². The highest BCUT2D eigenvalue weighted by Gasteiger charge is 2.21. The summed E-state index contributed by atoms with van der Waals surface area (Å²) >= 11 is 0. The second kappa shape index (κ2) is 6.17. The number of nitrogens with zero attached hydrogens (tertiary/aromatic N) is 2. The van der Waals surface area contributed by atoms with Crippen LogP contribution in [0.1, 0.15) is 32.6 Å². The summed E-state index contributed by atoms with van der Waals surface area (Å²) in [6, 6.07) is 2.39. The van der Waals surface area contributed by atoms with E-state index in [0.29, 0.717) is 19.1 Å². The van der Waals surface area contributed by atoms with Gasteiger partial charge in [0.15, 0.2) is 0 Å². The second-order valence-corrected chi connectivity index (χ2v) is 5.12. The summed E-state index contributed by atoms with van der Waals surface area (Å²) in [7, 11) is 0. The SMILES string of the molecule is C[C@@H](NCC(O)Cn1cccn1)C1CCCC1. The van der Waals surface area contributed by atoms with Crippen LogP contribution in [0.4, 0.5) is 0 Å². The highest BCUT2D eigenvalue weighted by Crippen LogP contribution is 2.27. The van der Waals surface area contributed by atoms with E-state index in [1.54, 1.807) is 10.9 Å². The van der Waals surface area contributed by atoms with E-state index in [1.165, 1.54) is 25.7 Å². The van der Waals surface area contributed by atoms with Crippen molar-refractivity contribution in [3.63, 3.8) is 0 Å². The summed E-state index contributed by atoms with van der Waals surface area (Å²) in [6.07, 6.45) is 8.66. The first-order valence-corrected chi connectivity index (χ1v) is 6.64. The third-order valence-corrected chi connectivity index (χ3v) is 3.74. The Kier molecular flexibility index (Phi) is 4.57. The minimum Gasteiger partial charge on any atom is -0.390 e. The zero-order valence-corrected chi connectivity index (χ0v) is 10.5. The quantitative estimate of drug-likeness (QED) is 0.786. The predicted octanol–water partition coefficient (Wildman–Crippen LogP) is 1.41. The molecule has 4 heteroatoms. The Labute approximate surface area is 103 Å². The van der Waals surface area contributed by atoms with Crippen LogP contribution in [0.5, 0.6) is 0 Å². The van der Waals surface area contributed by atoms with Gasteiger partial charge in [0.05, 0.1) is 12.6 Å². The van der Waals surface area contributed by atoms with Gasteiger partial charge in [-0.1, -0.05) is 12.8 Å². The van der Waals surface area contributed by atoms with E-state index in [9.17, 15) is 5.11 Å². The van der Waals surface area contributed by atoms with E-state index < -0.39 is 0 Å². The molecule has 4 nitrogen and oxygen atoms in total. The molecule has 1 heterocycles. The van der Waals surface area contributed by atoms with Gasteiger partial charge in [-0.15, -0.1) is 0 Å². The molecule has 0 aliphatic heterocycles. The van der Waals surface area contributed by atoms with Crippen LogP contribution in [0.25, 0.3) is 0 Å². The largest absolute Gasteiger partial charge is 0.390 e. The van der Waals surface area contributed by atoms with Crippen molar-refractivity contribution in [2.75, 3.05) is 6.54 Å². The number of rotatable bonds is 6. The second-order valence-electron chi connectivity index (χ2n) is 5.12. The number of hydrogen-bond acceptors (Lipinski definition) is 3. The maximum atomic E-state index is 9.89. The lowest BCUT2D eigenvalue weighted by Crippen LogP contribution is -2.39. The Hall–Kier alpha value is -0.870. The van der Waals surface area contributed by atoms with Crippen molar-refractivity contribution in [3.8, 4) is 0 Å². The highest BCUT2D eigenvalue weighted by atomic mass is 16.3. The van der Waals surface area contributed by atoms with E-state index in [0.717, 1.165) is 5.92 Å². The van der Waals surface area contributed by atoms with Gasteiger partial charge >= 0.3 is 0 Å². The summed E-state index contributed by atoms with van der Waals surface area (Å²) in [4.78, 5) is 0. The molecule has 0 amide bonds. The summed E-state index contributed by atoms with van der Waals surface area (Å²) in [5.74, 6) is 0.798. The standard InChI is InChI=1S/C13H23N3O/c1-11(12-5-2-3-6-12)14-9-13(17)10-16-8-4-7-15-16/h4,7-8,11-14,17H,2-3,5-6,9-10H2,1H3/t11-,13?/m1/s1. The Balaban J connectivity index is 1.66. The molecule has 17 heavy (non-hydrogen) atoms. The molecule has 1 aromatic rings. The van der Waals surface area contributed by atoms with Crippen LogP contribution in [0.15, 0.2) is 18.5 Å². The Morgan fingerprint density at radius 1 is 1.47 bits per heavy atom. The molecular weight excluding hydrogens is 214 g/mol. The molecule has 1 aliphatic rings. The first kappa shape index (κ1) is 12.6. The maximum Gasteiger partial charge on any atom is 0.0860 e. The molecular formula is C13H23N3O. The molecule has 0 aromatic carbocycles. The van der Waals surface area contributed by atoms with Crippen LogP contribution >= 0.6 is 0 Å². The normalized spacial score (nSPS) is 20.6. The van der Waals surface area contributed by atoms with E-state index in [1.807, 2.05) is 12.3 Å². The van der Waals surface area contributed by atoms with Gasteiger partial charge in [-0.2, -0.15) is 5.10 Å². The van der Waals surface area contributed by atoms with Gasteiger partial charge in [-0.3, -0.25) is 4.68 Å². The third kappa shape index (κ3) is 3.82. The van der Waals surface area contributed by atoms with Crippen molar-refractivity contribution in [2.45, 2.75) is 51.3 Å². The van der Waals surface area contributed by atoms with Crippen LogP contribution in [-0.4, -0.2) is 33.6 Å². The van der Waals surface area contributed by atoms with Crippen molar-refractivity contribution >= 4 is 0 Å². The average molecular weight is 237 g/mol. The number of aromatic nitrogens is 2. The Morgan fingerprint density at radius 2 is 2.24 bits per heavy atom. The average Bonchev–Trinajstić information content (AvgIpc) is 2.97. The Bertz CT molecular complexity index is 306. The Morgan fingerprint density at radius 3 is 2.88 bits per heavy atom. The van der Waals surface area contributed by atoms with Gasteiger partial charge in [0.25, 0.3) is 0 Å². The lowest BCUT2D eigenvalue weighted by Gasteiger charge is -2.22.